The second-order valence-electron chi connectivity index (χ2n) is 7.76. The van der Waals surface area contributed by atoms with Crippen LogP contribution >= 0.6 is 0 Å². The van der Waals surface area contributed by atoms with Gasteiger partial charge in [-0.05, 0) is 32.8 Å². The Bertz CT molecular complexity index is 1100. The van der Waals surface area contributed by atoms with Gasteiger partial charge in [-0.3, -0.25) is 9.48 Å². The maximum atomic E-state index is 13.3. The van der Waals surface area contributed by atoms with Gasteiger partial charge in [-0.25, -0.2) is 9.78 Å². The molecule has 8 heteroatoms. The summed E-state index contributed by atoms with van der Waals surface area (Å²) in [7, 11) is 1.84. The van der Waals surface area contributed by atoms with Gasteiger partial charge in [0.2, 0.25) is 0 Å². The number of hydrogen-bond acceptors (Lipinski definition) is 5. The van der Waals surface area contributed by atoms with Crippen molar-refractivity contribution in [3.8, 4) is 11.3 Å². The van der Waals surface area contributed by atoms with Gasteiger partial charge in [0.25, 0.3) is 5.91 Å². The van der Waals surface area contributed by atoms with E-state index in [0.717, 1.165) is 22.3 Å². The number of aryl methyl sites for hydroxylation is 2. The highest BCUT2D eigenvalue weighted by Crippen LogP contribution is 2.27. The summed E-state index contributed by atoms with van der Waals surface area (Å²) in [5.74, 6) is -0.143. The summed E-state index contributed by atoms with van der Waals surface area (Å²) in [4.78, 5) is 31.7. The van der Waals surface area contributed by atoms with Crippen molar-refractivity contribution < 1.29 is 14.3 Å². The molecule has 1 aliphatic rings. The van der Waals surface area contributed by atoms with Gasteiger partial charge in [0.1, 0.15) is 0 Å². The SMILES string of the molecule is CCOC(=O)N1CCC(NC(=O)c2cc(-c3ccccc3)nc3c2c(C)nn3C)CC1. The number of fused-ring (bicyclic) bond motifs is 1. The fraction of sp³-hybridized carbons (Fsp3) is 0.391. The predicted molar refractivity (Wildman–Crippen MR) is 118 cm³/mol. The summed E-state index contributed by atoms with van der Waals surface area (Å²) in [5, 5.41) is 8.40. The highest BCUT2D eigenvalue weighted by molar-refractivity contribution is 6.07. The van der Waals surface area contributed by atoms with Gasteiger partial charge < -0.3 is 15.0 Å². The van der Waals surface area contributed by atoms with Crippen molar-refractivity contribution >= 4 is 23.0 Å². The average Bonchev–Trinajstić information content (AvgIpc) is 3.08. The van der Waals surface area contributed by atoms with Crippen molar-refractivity contribution in [2.45, 2.75) is 32.7 Å². The molecule has 1 saturated heterocycles. The van der Waals surface area contributed by atoms with Gasteiger partial charge in [-0.15, -0.1) is 0 Å². The lowest BCUT2D eigenvalue weighted by atomic mass is 10.0. The molecule has 162 valence electrons. The van der Waals surface area contributed by atoms with Crippen LogP contribution in [-0.2, 0) is 11.8 Å². The molecular weight excluding hydrogens is 394 g/mol. The molecule has 0 spiro atoms. The topological polar surface area (TPSA) is 89.3 Å². The minimum atomic E-state index is -0.290. The number of nitrogens with one attached hydrogen (secondary N) is 1. The number of rotatable bonds is 4. The summed E-state index contributed by atoms with van der Waals surface area (Å²) >= 11 is 0. The lowest BCUT2D eigenvalue weighted by Crippen LogP contribution is -2.46. The Morgan fingerprint density at radius 2 is 1.90 bits per heavy atom. The van der Waals surface area contributed by atoms with Crippen molar-refractivity contribution in [1.82, 2.24) is 25.0 Å². The zero-order valence-corrected chi connectivity index (χ0v) is 18.1. The zero-order chi connectivity index (χ0) is 22.0. The van der Waals surface area contributed by atoms with E-state index in [9.17, 15) is 9.59 Å². The van der Waals surface area contributed by atoms with Gasteiger partial charge >= 0.3 is 6.09 Å². The van der Waals surface area contributed by atoms with E-state index < -0.39 is 0 Å². The summed E-state index contributed by atoms with van der Waals surface area (Å²) in [6, 6.07) is 11.6. The summed E-state index contributed by atoms with van der Waals surface area (Å²) in [6.45, 7) is 5.18. The summed E-state index contributed by atoms with van der Waals surface area (Å²) < 4.78 is 6.78. The zero-order valence-electron chi connectivity index (χ0n) is 18.1. The lowest BCUT2D eigenvalue weighted by Gasteiger charge is -2.31. The molecule has 0 radical (unpaired) electrons. The normalized spacial score (nSPS) is 14.6. The highest BCUT2D eigenvalue weighted by atomic mass is 16.6. The summed E-state index contributed by atoms with van der Waals surface area (Å²) in [6.07, 6.45) is 1.09. The highest BCUT2D eigenvalue weighted by Gasteiger charge is 2.26. The number of carbonyl (C=O) groups excluding carboxylic acids is 2. The largest absolute Gasteiger partial charge is 0.450 e. The van der Waals surface area contributed by atoms with Gasteiger partial charge in [-0.2, -0.15) is 5.10 Å². The summed E-state index contributed by atoms with van der Waals surface area (Å²) in [5.41, 5.74) is 3.70. The Balaban J connectivity index is 1.59. The number of likely N-dealkylation sites (tertiary alicyclic amines) is 1. The lowest BCUT2D eigenvalue weighted by molar-refractivity contribution is 0.0861. The van der Waals surface area contributed by atoms with E-state index in [4.69, 9.17) is 9.72 Å². The Hall–Kier alpha value is -3.42. The fourth-order valence-corrected chi connectivity index (χ4v) is 4.07. The Morgan fingerprint density at radius 1 is 1.19 bits per heavy atom. The maximum Gasteiger partial charge on any atom is 0.409 e. The molecular formula is C23H27N5O3. The van der Waals surface area contributed by atoms with Gasteiger partial charge in [0.15, 0.2) is 5.65 Å². The molecule has 1 fully saturated rings. The van der Waals surface area contributed by atoms with E-state index in [0.29, 0.717) is 43.7 Å². The third-order valence-corrected chi connectivity index (χ3v) is 5.64. The van der Waals surface area contributed by atoms with Crippen molar-refractivity contribution in [1.29, 1.82) is 0 Å². The smallest absolute Gasteiger partial charge is 0.409 e. The molecule has 1 aromatic carbocycles. The van der Waals surface area contributed by atoms with Gasteiger partial charge in [0, 0.05) is 31.7 Å². The maximum absolute atomic E-state index is 13.3. The molecule has 31 heavy (non-hydrogen) atoms. The monoisotopic (exact) mass is 421 g/mol. The Morgan fingerprint density at radius 3 is 2.58 bits per heavy atom. The molecule has 1 N–H and O–H groups in total. The van der Waals surface area contributed by atoms with E-state index in [1.54, 1.807) is 16.5 Å². The van der Waals surface area contributed by atoms with E-state index in [-0.39, 0.29) is 18.0 Å². The number of ether oxygens (including phenoxy) is 1. The first-order valence-corrected chi connectivity index (χ1v) is 10.6. The Labute approximate surface area is 181 Å². The van der Waals surface area contributed by atoms with Crippen LogP contribution in [0.15, 0.2) is 36.4 Å². The van der Waals surface area contributed by atoms with Crippen molar-refractivity contribution in [3.05, 3.63) is 47.7 Å². The van der Waals surface area contributed by atoms with Gasteiger partial charge in [-0.1, -0.05) is 30.3 Å². The van der Waals surface area contributed by atoms with Crippen LogP contribution in [0.2, 0.25) is 0 Å². The molecule has 2 amide bonds. The first-order valence-electron chi connectivity index (χ1n) is 10.6. The number of benzene rings is 1. The predicted octanol–water partition coefficient (Wildman–Crippen LogP) is 3.29. The molecule has 3 heterocycles. The quantitative estimate of drug-likeness (QED) is 0.698. The first kappa shape index (κ1) is 20.8. The van der Waals surface area contributed by atoms with E-state index >= 15 is 0 Å². The third kappa shape index (κ3) is 4.23. The second kappa shape index (κ2) is 8.75. The minimum Gasteiger partial charge on any atom is -0.450 e. The van der Waals surface area contributed by atoms with E-state index in [1.165, 1.54) is 0 Å². The first-order chi connectivity index (χ1) is 15.0. The minimum absolute atomic E-state index is 0.00135. The van der Waals surface area contributed by atoms with Crippen molar-refractivity contribution in [3.63, 3.8) is 0 Å². The van der Waals surface area contributed by atoms with Gasteiger partial charge in [0.05, 0.1) is 28.9 Å². The van der Waals surface area contributed by atoms with Crippen LogP contribution < -0.4 is 5.32 Å². The molecule has 0 bridgehead atoms. The van der Waals surface area contributed by atoms with Crippen molar-refractivity contribution in [2.24, 2.45) is 7.05 Å². The Kier molecular flexibility index (Phi) is 5.88. The van der Waals surface area contributed by atoms with Crippen LogP contribution in [0.4, 0.5) is 4.79 Å². The number of hydrogen-bond donors (Lipinski definition) is 1. The number of nitrogens with zero attached hydrogens (tertiary/aromatic N) is 4. The third-order valence-electron chi connectivity index (χ3n) is 5.64. The number of aromatic nitrogens is 3. The number of carbonyl (C=O) groups is 2. The van der Waals surface area contributed by atoms with E-state index in [1.807, 2.05) is 50.4 Å². The standard InChI is InChI=1S/C23H27N5O3/c1-4-31-23(30)28-12-10-17(11-13-28)24-22(29)18-14-19(16-8-6-5-7-9-16)25-21-20(18)15(2)26-27(21)3/h5-9,14,17H,4,10-13H2,1-3H3,(H,24,29). The molecule has 8 nitrogen and oxygen atoms in total. The van der Waals surface area contributed by atoms with Crippen LogP contribution in [0.1, 0.15) is 35.8 Å². The molecule has 0 aliphatic carbocycles. The number of piperidine rings is 1. The molecule has 1 aliphatic heterocycles. The molecule has 0 unspecified atom stereocenters. The number of pyridine rings is 1. The molecule has 3 aromatic rings. The molecule has 4 rings (SSSR count). The second-order valence-corrected chi connectivity index (χ2v) is 7.76. The van der Waals surface area contributed by atoms with Crippen LogP contribution in [0, 0.1) is 6.92 Å². The number of amides is 2. The van der Waals surface area contributed by atoms with Crippen LogP contribution in [0.25, 0.3) is 22.3 Å². The average molecular weight is 422 g/mol. The van der Waals surface area contributed by atoms with Crippen LogP contribution in [-0.4, -0.2) is 57.4 Å². The molecule has 2 aromatic heterocycles. The van der Waals surface area contributed by atoms with Crippen LogP contribution in [0.3, 0.4) is 0 Å². The molecule has 0 atom stereocenters. The van der Waals surface area contributed by atoms with E-state index in [2.05, 4.69) is 10.4 Å². The molecule has 0 saturated carbocycles. The van der Waals surface area contributed by atoms with Crippen LogP contribution in [0.5, 0.6) is 0 Å². The fourth-order valence-electron chi connectivity index (χ4n) is 4.07. The van der Waals surface area contributed by atoms with Crippen molar-refractivity contribution in [2.75, 3.05) is 19.7 Å².